The quantitative estimate of drug-likeness (QED) is 0.230. The number of rotatable bonds is 8. The first kappa shape index (κ1) is 25.0. The molecule has 1 saturated heterocycles. The minimum absolute atomic E-state index is 0. The molecule has 0 aliphatic carbocycles. The van der Waals surface area contributed by atoms with Gasteiger partial charge in [-0.15, -0.1) is 24.0 Å². The zero-order valence-corrected chi connectivity index (χ0v) is 20.3. The highest BCUT2D eigenvalue weighted by atomic mass is 127. The molecule has 170 valence electrons. The van der Waals surface area contributed by atoms with Crippen molar-refractivity contribution in [3.05, 3.63) is 48.3 Å². The zero-order valence-electron chi connectivity index (χ0n) is 18.0. The minimum Gasteiger partial charge on any atom is -0.497 e. The van der Waals surface area contributed by atoms with E-state index < -0.39 is 0 Å². The SMILES string of the molecule is COc1ccc(OC)c(NC(N)=NCCCN2CCN(c3ccccc3F)CC2)c1.I. The number of aliphatic imine (C=N–C) groups is 1. The summed E-state index contributed by atoms with van der Waals surface area (Å²) in [4.78, 5) is 8.89. The average Bonchev–Trinajstić information content (AvgIpc) is 2.77. The van der Waals surface area contributed by atoms with Gasteiger partial charge in [-0.25, -0.2) is 4.39 Å². The molecule has 3 N–H and O–H groups in total. The van der Waals surface area contributed by atoms with Gasteiger partial charge in [0.05, 0.1) is 25.6 Å². The topological polar surface area (TPSA) is 75.3 Å². The maximum atomic E-state index is 13.9. The summed E-state index contributed by atoms with van der Waals surface area (Å²) in [5, 5.41) is 3.07. The second-order valence-electron chi connectivity index (χ2n) is 7.09. The van der Waals surface area contributed by atoms with Crippen LogP contribution < -0.4 is 25.4 Å². The van der Waals surface area contributed by atoms with Gasteiger partial charge in [0.15, 0.2) is 5.96 Å². The summed E-state index contributed by atoms with van der Waals surface area (Å²) in [5.74, 6) is 1.56. The van der Waals surface area contributed by atoms with Gasteiger partial charge in [0, 0.05) is 45.3 Å². The van der Waals surface area contributed by atoms with E-state index in [1.54, 1.807) is 20.3 Å². The van der Waals surface area contributed by atoms with Gasteiger partial charge in [-0.05, 0) is 30.7 Å². The largest absolute Gasteiger partial charge is 0.497 e. The van der Waals surface area contributed by atoms with Gasteiger partial charge in [-0.1, -0.05) is 12.1 Å². The van der Waals surface area contributed by atoms with E-state index in [0.717, 1.165) is 39.1 Å². The summed E-state index contributed by atoms with van der Waals surface area (Å²) in [7, 11) is 3.21. The number of methoxy groups -OCH3 is 2. The molecule has 7 nitrogen and oxygen atoms in total. The first-order valence-electron chi connectivity index (χ1n) is 10.1. The molecule has 0 unspecified atom stereocenters. The van der Waals surface area contributed by atoms with E-state index in [0.29, 0.717) is 35.4 Å². The molecule has 0 radical (unpaired) electrons. The predicted octanol–water partition coefficient (Wildman–Crippen LogP) is 3.40. The minimum atomic E-state index is -0.157. The number of hydrogen-bond acceptors (Lipinski definition) is 5. The smallest absolute Gasteiger partial charge is 0.193 e. The first-order valence-corrected chi connectivity index (χ1v) is 10.1. The maximum Gasteiger partial charge on any atom is 0.193 e. The molecule has 0 amide bonds. The molecule has 0 spiro atoms. The lowest BCUT2D eigenvalue weighted by atomic mass is 10.2. The summed E-state index contributed by atoms with van der Waals surface area (Å²) in [5.41, 5.74) is 7.42. The van der Waals surface area contributed by atoms with Gasteiger partial charge in [0.2, 0.25) is 0 Å². The van der Waals surface area contributed by atoms with Crippen LogP contribution >= 0.6 is 24.0 Å². The highest BCUT2D eigenvalue weighted by molar-refractivity contribution is 14.0. The van der Waals surface area contributed by atoms with Gasteiger partial charge in [-0.3, -0.25) is 9.89 Å². The van der Waals surface area contributed by atoms with Crippen LogP contribution in [0.15, 0.2) is 47.5 Å². The molecule has 0 bridgehead atoms. The number of nitrogens with two attached hydrogens (primary N) is 1. The summed E-state index contributed by atoms with van der Waals surface area (Å²) in [6.07, 6.45) is 0.900. The van der Waals surface area contributed by atoms with Gasteiger partial charge in [-0.2, -0.15) is 0 Å². The number of piperazine rings is 1. The van der Waals surface area contributed by atoms with Crippen molar-refractivity contribution in [2.24, 2.45) is 10.7 Å². The van der Waals surface area contributed by atoms with Crippen LogP contribution in [0, 0.1) is 5.82 Å². The fourth-order valence-electron chi connectivity index (χ4n) is 3.50. The Morgan fingerprint density at radius 2 is 1.84 bits per heavy atom. The van der Waals surface area contributed by atoms with Crippen molar-refractivity contribution in [3.63, 3.8) is 0 Å². The Labute approximate surface area is 200 Å². The monoisotopic (exact) mass is 543 g/mol. The van der Waals surface area contributed by atoms with E-state index in [-0.39, 0.29) is 29.8 Å². The van der Waals surface area contributed by atoms with Crippen LogP contribution in [0.2, 0.25) is 0 Å². The maximum absolute atomic E-state index is 13.9. The molecule has 0 aromatic heterocycles. The molecule has 0 atom stereocenters. The van der Waals surface area contributed by atoms with E-state index in [2.05, 4.69) is 20.1 Å². The normalized spacial score (nSPS) is 14.7. The van der Waals surface area contributed by atoms with E-state index in [9.17, 15) is 4.39 Å². The van der Waals surface area contributed by atoms with Crippen LogP contribution in [-0.2, 0) is 0 Å². The number of benzene rings is 2. The molecule has 9 heteroatoms. The van der Waals surface area contributed by atoms with Crippen LogP contribution in [-0.4, -0.2) is 64.3 Å². The van der Waals surface area contributed by atoms with Gasteiger partial charge in [0.1, 0.15) is 17.3 Å². The van der Waals surface area contributed by atoms with Crippen LogP contribution in [0.3, 0.4) is 0 Å². The van der Waals surface area contributed by atoms with Crippen LogP contribution in [0.4, 0.5) is 15.8 Å². The number of hydrogen-bond donors (Lipinski definition) is 2. The molecule has 3 rings (SSSR count). The Bertz CT molecular complexity index is 860. The van der Waals surface area contributed by atoms with Crippen molar-refractivity contribution in [2.45, 2.75) is 6.42 Å². The number of para-hydroxylation sites is 1. The average molecular weight is 543 g/mol. The van der Waals surface area contributed by atoms with Crippen LogP contribution in [0.5, 0.6) is 11.5 Å². The van der Waals surface area contributed by atoms with Gasteiger partial charge >= 0.3 is 0 Å². The first-order chi connectivity index (χ1) is 14.6. The predicted molar refractivity (Wildman–Crippen MR) is 135 cm³/mol. The fraction of sp³-hybridized carbons (Fsp3) is 0.409. The Kier molecular flexibility index (Phi) is 10.1. The highest BCUT2D eigenvalue weighted by Gasteiger charge is 2.18. The second-order valence-corrected chi connectivity index (χ2v) is 7.09. The molecular weight excluding hydrogens is 512 g/mol. The third kappa shape index (κ3) is 7.13. The van der Waals surface area contributed by atoms with Crippen LogP contribution in [0.25, 0.3) is 0 Å². The summed E-state index contributed by atoms with van der Waals surface area (Å²) in [6.45, 7) is 5.02. The molecule has 1 aliphatic heterocycles. The number of guanidine groups is 1. The third-order valence-electron chi connectivity index (χ3n) is 5.15. The summed E-state index contributed by atoms with van der Waals surface area (Å²) in [6, 6.07) is 12.4. The van der Waals surface area contributed by atoms with Crippen molar-refractivity contribution in [1.29, 1.82) is 0 Å². The molecule has 1 aliphatic rings. The summed E-state index contributed by atoms with van der Waals surface area (Å²) < 4.78 is 24.5. The van der Waals surface area contributed by atoms with E-state index in [1.807, 2.05) is 30.3 Å². The molecule has 1 fully saturated rings. The zero-order chi connectivity index (χ0) is 21.3. The molecular formula is C22H31FIN5O2. The standard InChI is InChI=1S/C22H30FN5O2.HI/c1-29-17-8-9-21(30-2)19(16-17)26-22(24)25-10-5-11-27-12-14-28(15-13-27)20-7-4-3-6-18(20)23;/h3-4,6-9,16H,5,10-15H2,1-2H3,(H3,24,25,26);1H. The van der Waals surface area contributed by atoms with Crippen molar-refractivity contribution in [1.82, 2.24) is 4.90 Å². The Hall–Kier alpha value is -2.27. The van der Waals surface area contributed by atoms with E-state index >= 15 is 0 Å². The van der Waals surface area contributed by atoms with Crippen LogP contribution in [0.1, 0.15) is 6.42 Å². The fourth-order valence-corrected chi connectivity index (χ4v) is 3.50. The van der Waals surface area contributed by atoms with Crippen molar-refractivity contribution < 1.29 is 13.9 Å². The Morgan fingerprint density at radius 1 is 1.10 bits per heavy atom. The Morgan fingerprint density at radius 3 is 2.52 bits per heavy atom. The van der Waals surface area contributed by atoms with E-state index in [1.165, 1.54) is 6.07 Å². The van der Waals surface area contributed by atoms with Crippen molar-refractivity contribution >= 4 is 41.3 Å². The van der Waals surface area contributed by atoms with Gasteiger partial charge < -0.3 is 25.4 Å². The molecule has 2 aromatic carbocycles. The lowest BCUT2D eigenvalue weighted by Gasteiger charge is -2.36. The number of nitrogens with zero attached hydrogens (tertiary/aromatic N) is 3. The Balaban J connectivity index is 0.00000341. The molecule has 31 heavy (non-hydrogen) atoms. The van der Waals surface area contributed by atoms with Gasteiger partial charge in [0.25, 0.3) is 0 Å². The summed E-state index contributed by atoms with van der Waals surface area (Å²) >= 11 is 0. The third-order valence-corrected chi connectivity index (χ3v) is 5.15. The number of halogens is 2. The number of anilines is 2. The molecule has 2 aromatic rings. The van der Waals surface area contributed by atoms with Crippen molar-refractivity contribution in [2.75, 3.05) is 63.7 Å². The highest BCUT2D eigenvalue weighted by Crippen LogP contribution is 2.28. The molecule has 1 heterocycles. The lowest BCUT2D eigenvalue weighted by Crippen LogP contribution is -2.47. The van der Waals surface area contributed by atoms with Crippen molar-refractivity contribution in [3.8, 4) is 11.5 Å². The van der Waals surface area contributed by atoms with E-state index in [4.69, 9.17) is 15.2 Å². The lowest BCUT2D eigenvalue weighted by molar-refractivity contribution is 0.256. The number of nitrogens with one attached hydrogen (secondary N) is 1. The molecule has 0 saturated carbocycles. The second kappa shape index (κ2) is 12.6. The number of ether oxygens (including phenoxy) is 2.